The Labute approximate surface area is 384 Å². The number of carbonyl (C=O) groups excluding carboxylic acids is 2. The lowest BCUT2D eigenvalue weighted by Crippen LogP contribution is -2.69. The molecule has 6 aliphatic rings. The molecule has 14 unspecified atom stereocenters. The van der Waals surface area contributed by atoms with Crippen molar-refractivity contribution in [3.63, 3.8) is 0 Å². The Morgan fingerprint density at radius 2 is 1.61 bits per heavy atom. The number of anilines is 1. The van der Waals surface area contributed by atoms with Crippen LogP contribution in [0.3, 0.4) is 0 Å². The van der Waals surface area contributed by atoms with Crippen LogP contribution in [0.4, 0.5) is 5.69 Å². The molecule has 9 heteroatoms. The van der Waals surface area contributed by atoms with Gasteiger partial charge in [-0.1, -0.05) is 79.5 Å². The highest BCUT2D eigenvalue weighted by Gasteiger charge is 2.71. The number of ketones is 2. The zero-order valence-corrected chi connectivity index (χ0v) is 40.9. The third-order valence-electron chi connectivity index (χ3n) is 18.6. The van der Waals surface area contributed by atoms with E-state index in [1.807, 2.05) is 14.0 Å². The van der Waals surface area contributed by atoms with Crippen LogP contribution in [-0.4, -0.2) is 70.4 Å². The smallest absolute Gasteiger partial charge is 0.159 e. The molecule has 0 amide bonds. The van der Waals surface area contributed by atoms with Crippen LogP contribution in [0.1, 0.15) is 161 Å². The van der Waals surface area contributed by atoms with E-state index in [0.29, 0.717) is 50.1 Å². The highest BCUT2D eigenvalue weighted by Crippen LogP contribution is 2.75. The van der Waals surface area contributed by atoms with E-state index < -0.39 is 28.6 Å². The number of carbonyl (C=O) groups is 2. The highest BCUT2D eigenvalue weighted by atomic mass is 16.6. The molecule has 0 spiro atoms. The minimum absolute atomic E-state index is 0.00286. The van der Waals surface area contributed by atoms with Crippen LogP contribution in [-0.2, 0) is 27.3 Å². The number of phenols is 1. The Kier molecular flexibility index (Phi) is 12.5. The number of benzene rings is 2. The minimum atomic E-state index is -0.689. The molecule has 5 fully saturated rings. The number of aliphatic hydroxyl groups excluding tert-OH is 2. The van der Waals surface area contributed by atoms with E-state index in [-0.39, 0.29) is 64.0 Å². The van der Waals surface area contributed by atoms with Crippen LogP contribution >= 0.6 is 0 Å². The van der Waals surface area contributed by atoms with Crippen LogP contribution in [0.5, 0.6) is 5.75 Å². The third kappa shape index (κ3) is 7.83. The van der Waals surface area contributed by atoms with Gasteiger partial charge in [0.1, 0.15) is 17.6 Å². The van der Waals surface area contributed by atoms with Gasteiger partial charge in [0, 0.05) is 48.0 Å². The summed E-state index contributed by atoms with van der Waals surface area (Å²) in [6, 6.07) is 12.2. The summed E-state index contributed by atoms with van der Waals surface area (Å²) in [4.78, 5) is 29.6. The molecule has 64 heavy (non-hydrogen) atoms. The van der Waals surface area contributed by atoms with Gasteiger partial charge in [-0.3, -0.25) is 9.59 Å². The van der Waals surface area contributed by atoms with Gasteiger partial charge in [-0.2, -0.15) is 0 Å². The predicted molar refractivity (Wildman–Crippen MR) is 255 cm³/mol. The average Bonchev–Trinajstić information content (AvgIpc) is 3.49. The minimum Gasteiger partial charge on any atom is -0.508 e. The summed E-state index contributed by atoms with van der Waals surface area (Å²) in [5, 5.41) is 40.6. The van der Waals surface area contributed by atoms with Crippen molar-refractivity contribution in [2.75, 3.05) is 19.3 Å². The first-order valence-corrected chi connectivity index (χ1v) is 24.9. The zero-order valence-electron chi connectivity index (χ0n) is 40.9. The van der Waals surface area contributed by atoms with Crippen LogP contribution in [0.15, 0.2) is 47.5 Å². The fourth-order valence-corrected chi connectivity index (χ4v) is 16.1. The molecule has 2 aromatic carbocycles. The Hall–Kier alpha value is -3.08. The van der Waals surface area contributed by atoms with Crippen molar-refractivity contribution in [1.29, 1.82) is 0 Å². The number of rotatable bonds is 14. The van der Waals surface area contributed by atoms with Crippen LogP contribution in [0, 0.1) is 51.2 Å². The molecule has 352 valence electrons. The Balaban J connectivity index is 1.07. The number of aliphatic hydroxyl groups is 2. The van der Waals surface area contributed by atoms with Crippen molar-refractivity contribution in [3.8, 4) is 5.75 Å². The van der Waals surface area contributed by atoms with Gasteiger partial charge in [0.15, 0.2) is 5.78 Å². The largest absolute Gasteiger partial charge is 0.508 e. The summed E-state index contributed by atoms with van der Waals surface area (Å²) in [7, 11) is 1.89. The number of Topliss-reactive ketones (excluding diaryl/α,β-unsaturated/α-hetero) is 2. The maximum Gasteiger partial charge on any atom is 0.159 e. The average molecular weight is 880 g/mol. The fourth-order valence-electron chi connectivity index (χ4n) is 16.1. The van der Waals surface area contributed by atoms with Crippen molar-refractivity contribution >= 4 is 17.3 Å². The van der Waals surface area contributed by atoms with E-state index in [4.69, 9.17) is 10.5 Å². The highest BCUT2D eigenvalue weighted by molar-refractivity contribution is 6.00. The molecule has 14 atom stereocenters. The summed E-state index contributed by atoms with van der Waals surface area (Å²) in [5.74, 6) is 1.49. The zero-order chi connectivity index (χ0) is 46.5. The Bertz CT molecular complexity index is 2160. The van der Waals surface area contributed by atoms with Gasteiger partial charge < -0.3 is 36.4 Å². The molecule has 8 rings (SSSR count). The molecule has 1 heterocycles. The van der Waals surface area contributed by atoms with E-state index in [0.717, 1.165) is 67.3 Å². The molecular formula is C55H81N3O6. The summed E-state index contributed by atoms with van der Waals surface area (Å²) in [5.41, 5.74) is 11.8. The molecule has 0 bridgehead atoms. The van der Waals surface area contributed by atoms with Gasteiger partial charge >= 0.3 is 0 Å². The first-order valence-electron chi connectivity index (χ1n) is 24.9. The van der Waals surface area contributed by atoms with Crippen LogP contribution in [0.2, 0.25) is 0 Å². The summed E-state index contributed by atoms with van der Waals surface area (Å²) in [6.07, 6.45) is 6.88. The van der Waals surface area contributed by atoms with Crippen molar-refractivity contribution in [1.82, 2.24) is 10.6 Å². The normalized spacial score (nSPS) is 38.2. The number of ether oxygens (including phenoxy) is 1. The molecule has 0 aromatic heterocycles. The van der Waals surface area contributed by atoms with Gasteiger partial charge in [-0.05, 0) is 171 Å². The number of nitrogen functional groups attached to an aromatic ring is 1. The van der Waals surface area contributed by atoms with Crippen LogP contribution < -0.4 is 16.4 Å². The number of epoxide rings is 1. The maximum atomic E-state index is 14.9. The van der Waals surface area contributed by atoms with Crippen LogP contribution in [0.25, 0.3) is 0 Å². The summed E-state index contributed by atoms with van der Waals surface area (Å²) < 4.78 is 6.59. The lowest BCUT2D eigenvalue weighted by molar-refractivity contribution is -0.193. The molecule has 9 nitrogen and oxygen atoms in total. The Morgan fingerprint density at radius 1 is 0.891 bits per heavy atom. The second-order valence-electron chi connectivity index (χ2n) is 23.9. The van der Waals surface area contributed by atoms with Crippen molar-refractivity contribution in [2.24, 2.45) is 51.2 Å². The van der Waals surface area contributed by atoms with Gasteiger partial charge in [-0.15, -0.1) is 0 Å². The molecule has 1 saturated heterocycles. The first kappa shape index (κ1) is 47.4. The topological polar surface area (TPSA) is 157 Å². The first-order chi connectivity index (χ1) is 30.0. The van der Waals surface area contributed by atoms with Gasteiger partial charge in [-0.25, -0.2) is 0 Å². The number of allylic oxidation sites excluding steroid dienone is 2. The summed E-state index contributed by atoms with van der Waals surface area (Å²) in [6.45, 7) is 23.1. The quantitative estimate of drug-likeness (QED) is 0.0805. The molecule has 5 aliphatic carbocycles. The van der Waals surface area contributed by atoms with E-state index in [1.54, 1.807) is 12.1 Å². The van der Waals surface area contributed by atoms with E-state index in [2.05, 4.69) is 97.2 Å². The molecular weight excluding hydrogens is 799 g/mol. The van der Waals surface area contributed by atoms with E-state index >= 15 is 0 Å². The lowest BCUT2D eigenvalue weighted by Gasteiger charge is -2.70. The van der Waals surface area contributed by atoms with Crippen molar-refractivity contribution < 1.29 is 29.6 Å². The second-order valence-corrected chi connectivity index (χ2v) is 23.9. The lowest BCUT2D eigenvalue weighted by atomic mass is 9.34. The summed E-state index contributed by atoms with van der Waals surface area (Å²) >= 11 is 0. The number of fused-ring (bicyclic) bond motifs is 5. The number of hydrogen-bond donors (Lipinski definition) is 6. The number of aromatic hydroxyl groups is 1. The monoisotopic (exact) mass is 880 g/mol. The molecule has 7 N–H and O–H groups in total. The van der Waals surface area contributed by atoms with Gasteiger partial charge in [0.25, 0.3) is 0 Å². The number of hydrogen-bond acceptors (Lipinski definition) is 9. The molecule has 4 saturated carbocycles. The van der Waals surface area contributed by atoms with E-state index in [9.17, 15) is 24.9 Å². The maximum absolute atomic E-state index is 14.9. The number of nitrogens with two attached hydrogens (primary N) is 1. The third-order valence-corrected chi connectivity index (χ3v) is 18.6. The molecule has 2 aromatic rings. The number of nitrogens with one attached hydrogen (secondary N) is 2. The van der Waals surface area contributed by atoms with Gasteiger partial charge in [0.2, 0.25) is 0 Å². The second kappa shape index (κ2) is 16.9. The Morgan fingerprint density at radius 3 is 2.30 bits per heavy atom. The van der Waals surface area contributed by atoms with E-state index in [1.165, 1.54) is 16.7 Å². The fraction of sp³-hybridized carbons (Fsp3) is 0.709. The van der Waals surface area contributed by atoms with Gasteiger partial charge in [0.05, 0.1) is 17.8 Å². The molecule has 1 aliphatic heterocycles. The van der Waals surface area contributed by atoms with Crippen molar-refractivity contribution in [2.45, 2.75) is 182 Å². The molecule has 0 radical (unpaired) electrons. The number of phenolic OH excluding ortho intramolecular Hbond substituents is 1. The predicted octanol–water partition coefficient (Wildman–Crippen LogP) is 9.16. The van der Waals surface area contributed by atoms with Crippen molar-refractivity contribution in [3.05, 3.63) is 69.8 Å². The standard InChI is InChI=1S/C55H81N3O6/c1-30(2)17-33-19-35(23-37(56)21-33)39-13-12-14-41(39)55(10)50(64-55)44(61)18-31(3)47-42-15-16-46-52(7)25-40(36-20-34(29-57-11)22-38(60)24-36)49(63)51(5,6)48(52)43(58-28-32(4)59)26-54(46,9)53(42,8)27-45(47)62/h19-24,30-32,39-41,43-44,46,48,50,57-61H,12-18,25-29,56H2,1-11H3. The SMILES string of the molecule is CNCc1cc(O)cc(C2CC3(C)C(C(NCC(C)O)CC4(C)C3CCC3=C(C(C)CC(O)C5OC5(C)C5CCCC5c5cc(N)cc(CC(C)C)c5)C(=O)CC34C)C(C)(C)C2=O)c1.